The van der Waals surface area contributed by atoms with E-state index in [-0.39, 0.29) is 17.9 Å². The predicted octanol–water partition coefficient (Wildman–Crippen LogP) is 1.26. The molecule has 1 fully saturated rings. The summed E-state index contributed by atoms with van der Waals surface area (Å²) in [6.45, 7) is 5.87. The first-order chi connectivity index (χ1) is 8.99. The van der Waals surface area contributed by atoms with Crippen LogP contribution in [0.5, 0.6) is 0 Å². The quantitative estimate of drug-likeness (QED) is 0.743. The van der Waals surface area contributed by atoms with Crippen LogP contribution in [-0.2, 0) is 4.79 Å². The van der Waals surface area contributed by atoms with Crippen LogP contribution < -0.4 is 16.4 Å². The molecule has 104 valence electrons. The first-order valence-electron chi connectivity index (χ1n) is 6.66. The molecule has 0 bridgehead atoms. The van der Waals surface area contributed by atoms with Crippen LogP contribution in [0.3, 0.4) is 0 Å². The average Bonchev–Trinajstić information content (AvgIpc) is 3.12. The van der Waals surface area contributed by atoms with Crippen LogP contribution in [0.2, 0.25) is 0 Å². The van der Waals surface area contributed by atoms with Gasteiger partial charge in [0, 0.05) is 11.6 Å². The third-order valence-corrected chi connectivity index (χ3v) is 3.16. The monoisotopic (exact) mass is 263 g/mol. The van der Waals surface area contributed by atoms with E-state index >= 15 is 0 Å². The van der Waals surface area contributed by atoms with Crippen molar-refractivity contribution >= 4 is 17.5 Å². The molecular formula is C13H21N5O. The van der Waals surface area contributed by atoms with Gasteiger partial charge in [0.25, 0.3) is 0 Å². The van der Waals surface area contributed by atoms with Gasteiger partial charge in [-0.2, -0.15) is 0 Å². The van der Waals surface area contributed by atoms with Gasteiger partial charge in [-0.15, -0.1) is 0 Å². The number of aromatic nitrogens is 2. The molecule has 0 spiro atoms. The van der Waals surface area contributed by atoms with Gasteiger partial charge in [-0.25, -0.2) is 9.97 Å². The lowest BCUT2D eigenvalue weighted by Crippen LogP contribution is -2.39. The number of amides is 1. The van der Waals surface area contributed by atoms with E-state index < -0.39 is 0 Å². The fourth-order valence-corrected chi connectivity index (χ4v) is 1.92. The lowest BCUT2D eigenvalue weighted by molar-refractivity contribution is -0.121. The van der Waals surface area contributed by atoms with Crippen molar-refractivity contribution in [1.82, 2.24) is 15.3 Å². The molecule has 1 aliphatic rings. The van der Waals surface area contributed by atoms with Gasteiger partial charge in [-0.3, -0.25) is 4.79 Å². The Morgan fingerprint density at radius 1 is 1.37 bits per heavy atom. The largest absolute Gasteiger partial charge is 0.383 e. The van der Waals surface area contributed by atoms with Crippen LogP contribution in [0.4, 0.5) is 11.6 Å². The van der Waals surface area contributed by atoms with Crippen molar-refractivity contribution in [2.45, 2.75) is 51.6 Å². The number of rotatable bonds is 5. The Hall–Kier alpha value is -1.85. The molecule has 1 aliphatic carbocycles. The minimum absolute atomic E-state index is 0.00519. The van der Waals surface area contributed by atoms with Crippen molar-refractivity contribution in [3.8, 4) is 0 Å². The van der Waals surface area contributed by atoms with Gasteiger partial charge < -0.3 is 16.4 Å². The normalized spacial score (nSPS) is 16.2. The van der Waals surface area contributed by atoms with Crippen LogP contribution in [0.25, 0.3) is 0 Å². The zero-order valence-electron chi connectivity index (χ0n) is 11.6. The van der Waals surface area contributed by atoms with E-state index in [1.165, 1.54) is 6.33 Å². The van der Waals surface area contributed by atoms with Crippen molar-refractivity contribution in [2.24, 2.45) is 0 Å². The maximum Gasteiger partial charge on any atom is 0.242 e. The number of carbonyl (C=O) groups excluding carboxylic acids is 1. The van der Waals surface area contributed by atoms with Crippen molar-refractivity contribution in [3.63, 3.8) is 0 Å². The molecule has 0 radical (unpaired) electrons. The van der Waals surface area contributed by atoms with E-state index in [2.05, 4.69) is 20.6 Å². The Labute approximate surface area is 113 Å². The van der Waals surface area contributed by atoms with Gasteiger partial charge in [-0.05, 0) is 25.7 Å². The van der Waals surface area contributed by atoms with Gasteiger partial charge in [0.2, 0.25) is 5.91 Å². The van der Waals surface area contributed by atoms with Gasteiger partial charge in [0.15, 0.2) is 0 Å². The highest BCUT2D eigenvalue weighted by Crippen LogP contribution is 2.26. The molecule has 0 saturated heterocycles. The molecule has 1 heterocycles. The van der Waals surface area contributed by atoms with E-state index in [1.807, 2.05) is 20.8 Å². The second kappa shape index (κ2) is 5.42. The Bertz CT molecular complexity index is 470. The van der Waals surface area contributed by atoms with Crippen molar-refractivity contribution in [1.29, 1.82) is 0 Å². The third-order valence-electron chi connectivity index (χ3n) is 3.16. The van der Waals surface area contributed by atoms with Crippen LogP contribution in [0.15, 0.2) is 6.33 Å². The molecule has 1 atom stereocenters. The summed E-state index contributed by atoms with van der Waals surface area (Å²) in [4.78, 5) is 20.1. The van der Waals surface area contributed by atoms with E-state index in [0.717, 1.165) is 18.4 Å². The average molecular weight is 263 g/mol. The smallest absolute Gasteiger partial charge is 0.242 e. The maximum atomic E-state index is 11.9. The Morgan fingerprint density at radius 2 is 2.05 bits per heavy atom. The summed E-state index contributed by atoms with van der Waals surface area (Å²) in [6.07, 6.45) is 3.57. The topological polar surface area (TPSA) is 92.9 Å². The number of nitrogens with one attached hydrogen (secondary N) is 2. The summed E-state index contributed by atoms with van der Waals surface area (Å²) in [5, 5.41) is 6.08. The van der Waals surface area contributed by atoms with Crippen LogP contribution in [0, 0.1) is 0 Å². The SMILES string of the molecule is CC(Nc1ncnc(N)c1C(C)C)C(=O)NC1CC1. The van der Waals surface area contributed by atoms with Crippen LogP contribution >= 0.6 is 0 Å². The molecule has 0 aromatic carbocycles. The summed E-state index contributed by atoms with van der Waals surface area (Å²) in [7, 11) is 0. The highest BCUT2D eigenvalue weighted by molar-refractivity contribution is 5.84. The van der Waals surface area contributed by atoms with Crippen molar-refractivity contribution in [3.05, 3.63) is 11.9 Å². The number of carbonyl (C=O) groups is 1. The zero-order chi connectivity index (χ0) is 14.0. The number of nitrogens with two attached hydrogens (primary N) is 1. The fraction of sp³-hybridized carbons (Fsp3) is 0.615. The number of hydrogen-bond acceptors (Lipinski definition) is 5. The Morgan fingerprint density at radius 3 is 2.63 bits per heavy atom. The van der Waals surface area contributed by atoms with E-state index in [9.17, 15) is 4.79 Å². The second-order valence-corrected chi connectivity index (χ2v) is 5.32. The van der Waals surface area contributed by atoms with Gasteiger partial charge >= 0.3 is 0 Å². The molecule has 4 N–H and O–H groups in total. The summed E-state index contributed by atoms with van der Waals surface area (Å²) in [5.41, 5.74) is 6.73. The molecule has 6 nitrogen and oxygen atoms in total. The van der Waals surface area contributed by atoms with E-state index in [1.54, 1.807) is 0 Å². The number of nitrogens with zero attached hydrogens (tertiary/aromatic N) is 2. The molecule has 6 heteroatoms. The van der Waals surface area contributed by atoms with Crippen LogP contribution in [-0.4, -0.2) is 28.0 Å². The zero-order valence-corrected chi connectivity index (χ0v) is 11.6. The lowest BCUT2D eigenvalue weighted by atomic mass is 10.0. The molecule has 1 saturated carbocycles. The molecule has 1 aromatic rings. The highest BCUT2D eigenvalue weighted by Gasteiger charge is 2.26. The first-order valence-corrected chi connectivity index (χ1v) is 6.66. The summed E-state index contributed by atoms with van der Waals surface area (Å²) in [6, 6.07) is 0.0178. The minimum Gasteiger partial charge on any atom is -0.383 e. The second-order valence-electron chi connectivity index (χ2n) is 5.32. The van der Waals surface area contributed by atoms with Gasteiger partial charge in [0.05, 0.1) is 0 Å². The standard InChI is InChI=1S/C13H21N5O/c1-7(2)10-11(14)15-6-16-12(10)17-8(3)13(19)18-9-4-5-9/h6-9H,4-5H2,1-3H3,(H,18,19)(H3,14,15,16,17). The number of anilines is 2. The Balaban J connectivity index is 2.09. The molecule has 0 aliphatic heterocycles. The van der Waals surface area contributed by atoms with Gasteiger partial charge in [-0.1, -0.05) is 13.8 Å². The number of nitrogen functional groups attached to an aromatic ring is 1. The van der Waals surface area contributed by atoms with Crippen LogP contribution in [0.1, 0.15) is 45.1 Å². The van der Waals surface area contributed by atoms with E-state index in [0.29, 0.717) is 17.7 Å². The summed E-state index contributed by atoms with van der Waals surface area (Å²) in [5.74, 6) is 1.29. The fourth-order valence-electron chi connectivity index (χ4n) is 1.92. The molecule has 2 rings (SSSR count). The third kappa shape index (κ3) is 3.33. The summed E-state index contributed by atoms with van der Waals surface area (Å²) < 4.78 is 0. The lowest BCUT2D eigenvalue weighted by Gasteiger charge is -2.19. The minimum atomic E-state index is -0.340. The predicted molar refractivity (Wildman–Crippen MR) is 74.8 cm³/mol. The van der Waals surface area contributed by atoms with Crippen molar-refractivity contribution < 1.29 is 4.79 Å². The Kier molecular flexibility index (Phi) is 3.87. The highest BCUT2D eigenvalue weighted by atomic mass is 16.2. The molecular weight excluding hydrogens is 242 g/mol. The number of hydrogen-bond donors (Lipinski definition) is 3. The van der Waals surface area contributed by atoms with E-state index in [4.69, 9.17) is 5.73 Å². The molecule has 1 amide bonds. The maximum absolute atomic E-state index is 11.9. The van der Waals surface area contributed by atoms with Crippen molar-refractivity contribution in [2.75, 3.05) is 11.1 Å². The molecule has 1 unspecified atom stereocenters. The van der Waals surface area contributed by atoms with Gasteiger partial charge in [0.1, 0.15) is 24.0 Å². The molecule has 1 aromatic heterocycles. The first kappa shape index (κ1) is 13.6. The molecule has 19 heavy (non-hydrogen) atoms. The summed E-state index contributed by atoms with van der Waals surface area (Å²) >= 11 is 0.